The molecule has 1 heterocycles. The molecule has 0 amide bonds. The van der Waals surface area contributed by atoms with Gasteiger partial charge in [-0.1, -0.05) is 37.6 Å². The van der Waals surface area contributed by atoms with E-state index in [1.807, 2.05) is 25.1 Å². The van der Waals surface area contributed by atoms with Gasteiger partial charge in [0.25, 0.3) is 0 Å². The van der Waals surface area contributed by atoms with Crippen molar-refractivity contribution in [3.05, 3.63) is 53.6 Å². The van der Waals surface area contributed by atoms with Crippen LogP contribution in [0.15, 0.2) is 41.6 Å². The molecule has 0 fully saturated rings. The molecule has 2 aromatic carbocycles. The molecule has 0 radical (unpaired) electrons. The molecule has 3 aromatic rings. The first-order valence-corrected chi connectivity index (χ1v) is 8.30. The van der Waals surface area contributed by atoms with Crippen LogP contribution in [0.2, 0.25) is 0 Å². The third-order valence-electron chi connectivity index (χ3n) is 3.87. The molecular weight excluding hydrogens is 319 g/mol. The molecule has 0 spiro atoms. The fourth-order valence-corrected chi connectivity index (χ4v) is 2.62. The van der Waals surface area contributed by atoms with Crippen molar-refractivity contribution in [1.29, 1.82) is 0 Å². The molecule has 25 heavy (non-hydrogen) atoms. The van der Waals surface area contributed by atoms with Gasteiger partial charge in [0.15, 0.2) is 0 Å². The number of ether oxygens (including phenoxy) is 1. The number of aromatic nitrogens is 2. The van der Waals surface area contributed by atoms with Crippen LogP contribution in [-0.4, -0.2) is 22.5 Å². The highest BCUT2D eigenvalue weighted by Crippen LogP contribution is 2.31. The van der Waals surface area contributed by atoms with Crippen molar-refractivity contribution < 1.29 is 9.13 Å². The van der Waals surface area contributed by atoms with Crippen LogP contribution in [0.5, 0.6) is 5.75 Å². The van der Waals surface area contributed by atoms with Crippen LogP contribution in [0.3, 0.4) is 0 Å². The maximum atomic E-state index is 14.5. The van der Waals surface area contributed by atoms with Gasteiger partial charge in [-0.3, -0.25) is 0 Å². The summed E-state index contributed by atoms with van der Waals surface area (Å²) in [4.78, 5) is 4.10. The number of hydrogen-bond acceptors (Lipinski definition) is 4. The molecule has 0 unspecified atom stereocenters. The lowest BCUT2D eigenvalue weighted by molar-refractivity contribution is 0.312. The first-order chi connectivity index (χ1) is 12.1. The van der Waals surface area contributed by atoms with E-state index in [0.717, 1.165) is 23.9 Å². The van der Waals surface area contributed by atoms with E-state index in [1.165, 1.54) is 10.7 Å². The third kappa shape index (κ3) is 3.63. The predicted octanol–water partition coefficient (Wildman–Crippen LogP) is 4.13. The van der Waals surface area contributed by atoms with Gasteiger partial charge in [0.2, 0.25) is 5.95 Å². The van der Waals surface area contributed by atoms with E-state index in [2.05, 4.69) is 17.0 Å². The standard InChI is InChI=1S/C19H21FN4O/c1-3-4-9-25-18-14(11-22-24-12-13(2)23-19(24)21)10-17(20)15-7-5-6-8-16(15)18/h5-8,10-12H,3-4,9H2,1-2H3,(H2,21,23). The number of benzene rings is 2. The molecule has 0 saturated carbocycles. The SMILES string of the molecule is CCCCOc1c(C=Nn2cc(C)nc2N)cc(F)c2ccccc12. The van der Waals surface area contributed by atoms with Crippen LogP contribution in [0, 0.1) is 12.7 Å². The van der Waals surface area contributed by atoms with Gasteiger partial charge < -0.3 is 10.5 Å². The first kappa shape index (κ1) is 17.0. The summed E-state index contributed by atoms with van der Waals surface area (Å²) in [6.45, 7) is 4.50. The maximum Gasteiger partial charge on any atom is 0.221 e. The van der Waals surface area contributed by atoms with E-state index in [4.69, 9.17) is 10.5 Å². The molecule has 0 bridgehead atoms. The van der Waals surface area contributed by atoms with E-state index in [9.17, 15) is 4.39 Å². The molecule has 0 atom stereocenters. The second-order valence-corrected chi connectivity index (χ2v) is 5.85. The number of halogens is 1. The lowest BCUT2D eigenvalue weighted by atomic mass is 10.0. The van der Waals surface area contributed by atoms with Crippen LogP contribution in [0.25, 0.3) is 10.8 Å². The Kier molecular flexibility index (Phi) is 4.97. The fourth-order valence-electron chi connectivity index (χ4n) is 2.62. The number of fused-ring (bicyclic) bond motifs is 1. The summed E-state index contributed by atoms with van der Waals surface area (Å²) < 4.78 is 21.9. The number of rotatable bonds is 6. The zero-order valence-electron chi connectivity index (χ0n) is 14.4. The van der Waals surface area contributed by atoms with Crippen LogP contribution in [-0.2, 0) is 0 Å². The lowest BCUT2D eigenvalue weighted by Crippen LogP contribution is -2.03. The Morgan fingerprint density at radius 3 is 2.76 bits per heavy atom. The molecule has 3 rings (SSSR count). The summed E-state index contributed by atoms with van der Waals surface area (Å²) in [6.07, 6.45) is 5.21. The molecule has 5 nitrogen and oxygen atoms in total. The Labute approximate surface area is 145 Å². The monoisotopic (exact) mass is 340 g/mol. The first-order valence-electron chi connectivity index (χ1n) is 8.30. The minimum Gasteiger partial charge on any atom is -0.492 e. The number of nitrogens with zero attached hydrogens (tertiary/aromatic N) is 3. The summed E-state index contributed by atoms with van der Waals surface area (Å²) >= 11 is 0. The van der Waals surface area contributed by atoms with Gasteiger partial charge in [-0.05, 0) is 19.4 Å². The second kappa shape index (κ2) is 7.34. The summed E-state index contributed by atoms with van der Waals surface area (Å²) in [6, 6.07) is 8.71. The fraction of sp³-hybridized carbons (Fsp3) is 0.263. The Hall–Kier alpha value is -2.89. The number of unbranched alkanes of at least 4 members (excludes halogenated alkanes) is 1. The van der Waals surface area contributed by atoms with Crippen molar-refractivity contribution in [2.75, 3.05) is 12.3 Å². The highest BCUT2D eigenvalue weighted by atomic mass is 19.1. The summed E-state index contributed by atoms with van der Waals surface area (Å²) in [7, 11) is 0. The summed E-state index contributed by atoms with van der Waals surface area (Å²) in [5.74, 6) is 0.600. The Morgan fingerprint density at radius 2 is 2.08 bits per heavy atom. The molecule has 1 aromatic heterocycles. The summed E-state index contributed by atoms with van der Waals surface area (Å²) in [5.41, 5.74) is 7.13. The smallest absolute Gasteiger partial charge is 0.221 e. The van der Waals surface area contributed by atoms with E-state index in [0.29, 0.717) is 23.3 Å². The minimum atomic E-state index is -0.310. The van der Waals surface area contributed by atoms with Crippen molar-refractivity contribution in [2.24, 2.45) is 5.10 Å². The normalized spacial score (nSPS) is 11.5. The van der Waals surface area contributed by atoms with Crippen LogP contribution < -0.4 is 10.5 Å². The highest BCUT2D eigenvalue weighted by molar-refractivity contribution is 5.97. The molecule has 2 N–H and O–H groups in total. The van der Waals surface area contributed by atoms with Gasteiger partial charge in [0.1, 0.15) is 11.6 Å². The van der Waals surface area contributed by atoms with Crippen molar-refractivity contribution in [3.8, 4) is 5.75 Å². The lowest BCUT2D eigenvalue weighted by Gasteiger charge is -2.13. The number of anilines is 1. The van der Waals surface area contributed by atoms with Gasteiger partial charge in [0.05, 0.1) is 24.7 Å². The Balaban J connectivity index is 2.06. The van der Waals surface area contributed by atoms with Crippen molar-refractivity contribution in [3.63, 3.8) is 0 Å². The van der Waals surface area contributed by atoms with Gasteiger partial charge in [-0.15, -0.1) is 0 Å². The van der Waals surface area contributed by atoms with Gasteiger partial charge in [0, 0.05) is 16.3 Å². The van der Waals surface area contributed by atoms with Crippen molar-refractivity contribution >= 4 is 22.9 Å². The van der Waals surface area contributed by atoms with Crippen LogP contribution in [0.1, 0.15) is 31.0 Å². The maximum absolute atomic E-state index is 14.5. The highest BCUT2D eigenvalue weighted by Gasteiger charge is 2.12. The molecule has 130 valence electrons. The zero-order valence-corrected chi connectivity index (χ0v) is 14.4. The predicted molar refractivity (Wildman–Crippen MR) is 98.7 cm³/mol. The van der Waals surface area contributed by atoms with Gasteiger partial charge >= 0.3 is 0 Å². The second-order valence-electron chi connectivity index (χ2n) is 5.85. The molecule has 6 heteroatoms. The average Bonchev–Trinajstić information content (AvgIpc) is 2.93. The molecule has 0 aliphatic rings. The molecule has 0 aliphatic heterocycles. The van der Waals surface area contributed by atoms with Crippen LogP contribution in [0.4, 0.5) is 10.3 Å². The minimum absolute atomic E-state index is 0.281. The van der Waals surface area contributed by atoms with Crippen LogP contribution >= 0.6 is 0 Å². The topological polar surface area (TPSA) is 65.4 Å². The largest absolute Gasteiger partial charge is 0.492 e. The number of nitrogen functional groups attached to an aromatic ring is 1. The number of aryl methyl sites for hydroxylation is 1. The molecule has 0 saturated heterocycles. The van der Waals surface area contributed by atoms with Crippen molar-refractivity contribution in [2.45, 2.75) is 26.7 Å². The van der Waals surface area contributed by atoms with E-state index in [-0.39, 0.29) is 11.8 Å². The number of nitrogens with two attached hydrogens (primary N) is 1. The zero-order chi connectivity index (χ0) is 17.8. The van der Waals surface area contributed by atoms with Gasteiger partial charge in [-0.2, -0.15) is 5.10 Å². The third-order valence-corrected chi connectivity index (χ3v) is 3.87. The van der Waals surface area contributed by atoms with E-state index in [1.54, 1.807) is 18.5 Å². The number of imidazole rings is 1. The Morgan fingerprint density at radius 1 is 1.32 bits per heavy atom. The van der Waals surface area contributed by atoms with E-state index >= 15 is 0 Å². The van der Waals surface area contributed by atoms with E-state index < -0.39 is 0 Å². The van der Waals surface area contributed by atoms with Gasteiger partial charge in [-0.25, -0.2) is 14.1 Å². The average molecular weight is 340 g/mol. The Bertz CT molecular complexity index is 917. The molecule has 0 aliphatic carbocycles. The number of hydrogen-bond donors (Lipinski definition) is 1. The summed E-state index contributed by atoms with van der Waals surface area (Å²) in [5, 5.41) is 5.55. The van der Waals surface area contributed by atoms with Crippen molar-refractivity contribution in [1.82, 2.24) is 9.66 Å². The quantitative estimate of drug-likeness (QED) is 0.542. The molecular formula is C19H21FN4O.